The molecule has 1 amide bonds. The van der Waals surface area contributed by atoms with Crippen molar-refractivity contribution in [2.24, 2.45) is 0 Å². The van der Waals surface area contributed by atoms with E-state index in [1.165, 1.54) is 7.11 Å². The van der Waals surface area contributed by atoms with Crippen LogP contribution < -0.4 is 10.1 Å². The number of anilines is 1. The molecule has 1 fully saturated rings. The molecule has 2 heterocycles. The van der Waals surface area contributed by atoms with Crippen molar-refractivity contribution in [2.75, 3.05) is 12.4 Å². The Kier molecular flexibility index (Phi) is 2.51. The van der Waals surface area contributed by atoms with Gasteiger partial charge >= 0.3 is 6.01 Å². The van der Waals surface area contributed by atoms with Gasteiger partial charge in [0.1, 0.15) is 5.69 Å². The van der Waals surface area contributed by atoms with E-state index in [4.69, 9.17) is 4.74 Å². The highest BCUT2D eigenvalue weighted by Crippen LogP contribution is 2.36. The number of ether oxygens (including phenoxy) is 1. The van der Waals surface area contributed by atoms with Gasteiger partial charge in [-0.2, -0.15) is 4.98 Å². The predicted octanol–water partition coefficient (Wildman–Crippen LogP) is 1.20. The Morgan fingerprint density at radius 2 is 2.44 bits per heavy atom. The molecule has 0 radical (unpaired) electrons. The minimum Gasteiger partial charge on any atom is -0.466 e. The van der Waals surface area contributed by atoms with Crippen molar-refractivity contribution >= 4 is 11.9 Å². The number of carbonyl (C=O) groups excluding carboxylic acids is 1. The molecule has 3 rings (SSSR count). The zero-order valence-electron chi connectivity index (χ0n) is 9.88. The molecule has 0 bridgehead atoms. The van der Waals surface area contributed by atoms with Crippen molar-refractivity contribution in [2.45, 2.75) is 18.9 Å². The van der Waals surface area contributed by atoms with Crippen molar-refractivity contribution in [3.8, 4) is 6.01 Å². The summed E-state index contributed by atoms with van der Waals surface area (Å²) in [4.78, 5) is 16.0. The Hall–Kier alpha value is -2.31. The molecule has 94 valence electrons. The van der Waals surface area contributed by atoms with Crippen LogP contribution in [0.1, 0.15) is 29.4 Å². The summed E-state index contributed by atoms with van der Waals surface area (Å²) in [5.74, 6) is 0.0751. The molecule has 1 aliphatic carbocycles. The van der Waals surface area contributed by atoms with E-state index in [2.05, 4.69) is 20.5 Å². The van der Waals surface area contributed by atoms with E-state index in [0.717, 1.165) is 12.8 Å². The van der Waals surface area contributed by atoms with E-state index in [9.17, 15) is 4.79 Å². The Labute approximate surface area is 103 Å². The fraction of sp³-hybridized carbons (Fsp3) is 0.364. The summed E-state index contributed by atoms with van der Waals surface area (Å²) >= 11 is 0. The highest BCUT2D eigenvalue weighted by molar-refractivity contribution is 6.02. The third kappa shape index (κ3) is 1.94. The predicted molar refractivity (Wildman–Crippen MR) is 63.6 cm³/mol. The summed E-state index contributed by atoms with van der Waals surface area (Å²) in [6.07, 6.45) is 4.18. The maximum absolute atomic E-state index is 12.1. The zero-order chi connectivity index (χ0) is 12.5. The number of aromatic amines is 1. The summed E-state index contributed by atoms with van der Waals surface area (Å²) in [6.45, 7) is 0. The van der Waals surface area contributed by atoms with Crippen LogP contribution in [0.15, 0.2) is 18.3 Å². The van der Waals surface area contributed by atoms with Crippen LogP contribution in [0.3, 0.4) is 0 Å². The molecule has 2 aromatic rings. The van der Waals surface area contributed by atoms with Crippen molar-refractivity contribution in [1.29, 1.82) is 0 Å². The van der Waals surface area contributed by atoms with Crippen LogP contribution in [0.2, 0.25) is 0 Å². The molecule has 2 N–H and O–H groups in total. The molecule has 0 atom stereocenters. The summed E-state index contributed by atoms with van der Waals surface area (Å²) < 4.78 is 6.82. The first-order valence-electron chi connectivity index (χ1n) is 5.72. The number of nitrogens with zero attached hydrogens (tertiary/aromatic N) is 3. The Balaban J connectivity index is 1.75. The van der Waals surface area contributed by atoms with E-state index in [-0.39, 0.29) is 17.9 Å². The number of aromatic nitrogens is 4. The first kappa shape index (κ1) is 10.8. The molecule has 0 aromatic carbocycles. The Morgan fingerprint density at radius 1 is 1.61 bits per heavy atom. The van der Waals surface area contributed by atoms with Gasteiger partial charge in [-0.1, -0.05) is 0 Å². The van der Waals surface area contributed by atoms with Crippen molar-refractivity contribution in [1.82, 2.24) is 19.7 Å². The minimum absolute atomic E-state index is 0.197. The second-order valence-electron chi connectivity index (χ2n) is 4.16. The lowest BCUT2D eigenvalue weighted by molar-refractivity contribution is 0.101. The quantitative estimate of drug-likeness (QED) is 0.850. The van der Waals surface area contributed by atoms with E-state index in [1.807, 2.05) is 16.8 Å². The third-order valence-electron chi connectivity index (χ3n) is 2.83. The Bertz CT molecular complexity index is 570. The normalized spacial score (nSPS) is 14.5. The molecule has 2 aromatic heterocycles. The average Bonchev–Trinajstić information content (AvgIpc) is 2.93. The van der Waals surface area contributed by atoms with Gasteiger partial charge < -0.3 is 9.30 Å². The van der Waals surface area contributed by atoms with Crippen LogP contribution in [0.5, 0.6) is 6.01 Å². The number of amides is 1. The Morgan fingerprint density at radius 3 is 3.11 bits per heavy atom. The van der Waals surface area contributed by atoms with Gasteiger partial charge in [0.2, 0.25) is 5.95 Å². The minimum atomic E-state index is -0.203. The molecule has 7 heteroatoms. The molecule has 0 saturated heterocycles. The molecule has 18 heavy (non-hydrogen) atoms. The van der Waals surface area contributed by atoms with E-state index >= 15 is 0 Å². The summed E-state index contributed by atoms with van der Waals surface area (Å²) in [7, 11) is 1.47. The van der Waals surface area contributed by atoms with E-state index < -0.39 is 0 Å². The lowest BCUT2D eigenvalue weighted by Gasteiger charge is -2.06. The molecular formula is C11H13N5O2. The lowest BCUT2D eigenvalue weighted by Crippen LogP contribution is -2.17. The van der Waals surface area contributed by atoms with Crippen LogP contribution >= 0.6 is 0 Å². The maximum atomic E-state index is 12.1. The van der Waals surface area contributed by atoms with E-state index in [1.54, 1.807) is 6.07 Å². The van der Waals surface area contributed by atoms with Gasteiger partial charge in [0.25, 0.3) is 5.91 Å². The number of carbonyl (C=O) groups is 1. The molecule has 1 aliphatic rings. The number of H-pyrrole nitrogens is 1. The van der Waals surface area contributed by atoms with Gasteiger partial charge in [0.05, 0.1) is 7.11 Å². The van der Waals surface area contributed by atoms with Gasteiger partial charge in [-0.25, -0.2) is 5.10 Å². The van der Waals surface area contributed by atoms with Gasteiger partial charge in [-0.15, -0.1) is 5.10 Å². The largest absolute Gasteiger partial charge is 0.466 e. The average molecular weight is 247 g/mol. The van der Waals surface area contributed by atoms with Crippen LogP contribution in [0.4, 0.5) is 5.95 Å². The smallest absolute Gasteiger partial charge is 0.336 e. The zero-order valence-corrected chi connectivity index (χ0v) is 9.88. The van der Waals surface area contributed by atoms with Crippen LogP contribution in [-0.2, 0) is 0 Å². The van der Waals surface area contributed by atoms with E-state index in [0.29, 0.717) is 11.7 Å². The molecule has 7 nitrogen and oxygen atoms in total. The highest BCUT2D eigenvalue weighted by Gasteiger charge is 2.26. The third-order valence-corrected chi connectivity index (χ3v) is 2.83. The SMILES string of the molecule is COc1n[nH]c(NC(=O)c2cccn2C2CC2)n1. The monoisotopic (exact) mass is 247 g/mol. The van der Waals surface area contributed by atoms with Gasteiger partial charge in [-0.3, -0.25) is 10.1 Å². The molecular weight excluding hydrogens is 234 g/mol. The number of hydrogen-bond acceptors (Lipinski definition) is 4. The summed E-state index contributed by atoms with van der Waals surface area (Å²) in [5, 5.41) is 9.00. The number of rotatable bonds is 4. The second-order valence-corrected chi connectivity index (χ2v) is 4.16. The molecule has 0 aliphatic heterocycles. The first-order valence-corrected chi connectivity index (χ1v) is 5.72. The summed E-state index contributed by atoms with van der Waals surface area (Å²) in [6, 6.07) is 4.32. The number of hydrogen-bond donors (Lipinski definition) is 2. The molecule has 1 saturated carbocycles. The lowest BCUT2D eigenvalue weighted by atomic mass is 10.4. The van der Waals surface area contributed by atoms with Gasteiger partial charge in [0.15, 0.2) is 0 Å². The fourth-order valence-electron chi connectivity index (χ4n) is 1.82. The fourth-order valence-corrected chi connectivity index (χ4v) is 1.82. The molecule has 0 spiro atoms. The first-order chi connectivity index (χ1) is 8.78. The summed E-state index contributed by atoms with van der Waals surface area (Å²) in [5.41, 5.74) is 0.632. The highest BCUT2D eigenvalue weighted by atomic mass is 16.5. The van der Waals surface area contributed by atoms with Crippen LogP contribution in [-0.4, -0.2) is 32.8 Å². The second kappa shape index (κ2) is 4.17. The topological polar surface area (TPSA) is 84.8 Å². The van der Waals surface area contributed by atoms with Crippen molar-refractivity contribution in [3.63, 3.8) is 0 Å². The van der Waals surface area contributed by atoms with Crippen LogP contribution in [0, 0.1) is 0 Å². The molecule has 0 unspecified atom stereocenters. The maximum Gasteiger partial charge on any atom is 0.336 e. The van der Waals surface area contributed by atoms with Crippen molar-refractivity contribution < 1.29 is 9.53 Å². The standard InChI is InChI=1S/C11H13N5O2/c1-18-11-13-10(14-15-11)12-9(17)8-3-2-6-16(8)7-4-5-7/h2-3,6-7H,4-5H2,1H3,(H2,12,13,14,15,17). The van der Waals surface area contributed by atoms with Gasteiger partial charge in [-0.05, 0) is 25.0 Å². The van der Waals surface area contributed by atoms with Crippen molar-refractivity contribution in [3.05, 3.63) is 24.0 Å². The number of methoxy groups -OCH3 is 1. The van der Waals surface area contributed by atoms with Crippen LogP contribution in [0.25, 0.3) is 0 Å². The van der Waals surface area contributed by atoms with Gasteiger partial charge in [0, 0.05) is 12.2 Å². The number of nitrogens with one attached hydrogen (secondary N) is 2.